The van der Waals surface area contributed by atoms with Gasteiger partial charge in [-0.2, -0.15) is 5.26 Å². The summed E-state index contributed by atoms with van der Waals surface area (Å²) in [6.45, 7) is 0.676. The highest BCUT2D eigenvalue weighted by atomic mass is 32.1. The van der Waals surface area contributed by atoms with Gasteiger partial charge in [-0.3, -0.25) is 0 Å². The van der Waals surface area contributed by atoms with Crippen molar-refractivity contribution >= 4 is 39.3 Å². The van der Waals surface area contributed by atoms with Gasteiger partial charge in [0, 0.05) is 11.4 Å². The monoisotopic (exact) mass is 307 g/mol. The lowest BCUT2D eigenvalue weighted by atomic mass is 10.2. The normalized spacial score (nSPS) is 10.0. The van der Waals surface area contributed by atoms with Gasteiger partial charge in [-0.05, 0) is 17.9 Å². The Morgan fingerprint density at radius 2 is 2.40 bits per heavy atom. The minimum atomic E-state index is -0.518. The number of esters is 1. The molecule has 3 N–H and O–H groups in total. The van der Waals surface area contributed by atoms with Crippen LogP contribution in [0.1, 0.15) is 20.1 Å². The number of nitrogens with zero attached hydrogens (tertiary/aromatic N) is 1. The number of carbonyl (C=O) groups excluding carboxylic acids is 1. The molecule has 0 amide bonds. The Balaban J connectivity index is 2.11. The predicted octanol–water partition coefficient (Wildman–Crippen LogP) is 2.70. The van der Waals surface area contributed by atoms with Crippen LogP contribution in [0.3, 0.4) is 0 Å². The molecule has 0 aliphatic rings. The highest BCUT2D eigenvalue weighted by Gasteiger charge is 2.21. The van der Waals surface area contributed by atoms with Gasteiger partial charge in [-0.15, -0.1) is 22.7 Å². The van der Waals surface area contributed by atoms with Crippen molar-refractivity contribution in [2.75, 3.05) is 24.7 Å². The predicted molar refractivity (Wildman–Crippen MR) is 81.3 cm³/mol. The molecule has 2 aromatic heterocycles. The van der Waals surface area contributed by atoms with Crippen molar-refractivity contribution in [3.63, 3.8) is 0 Å². The standard InChI is InChI=1S/C13H13N3O2S2/c1-18-13(17)11-10(15)9(7-14)12(20-11)16-5-4-8-3-2-6-19-8/h2-3,6,16H,4-5,15H2,1H3. The van der Waals surface area contributed by atoms with Crippen LogP contribution in [0.2, 0.25) is 0 Å². The van der Waals surface area contributed by atoms with Crippen molar-refractivity contribution in [1.29, 1.82) is 5.26 Å². The fourth-order valence-electron chi connectivity index (χ4n) is 1.68. The van der Waals surface area contributed by atoms with Gasteiger partial charge in [-0.25, -0.2) is 4.79 Å². The molecule has 0 aliphatic heterocycles. The topological polar surface area (TPSA) is 88.1 Å². The molecule has 2 heterocycles. The number of nitrogens with one attached hydrogen (secondary N) is 1. The third-order valence-corrected chi connectivity index (χ3v) is 4.74. The van der Waals surface area contributed by atoms with E-state index in [4.69, 9.17) is 11.0 Å². The largest absolute Gasteiger partial charge is 0.465 e. The zero-order valence-corrected chi connectivity index (χ0v) is 12.4. The molecule has 0 atom stereocenters. The third-order valence-electron chi connectivity index (χ3n) is 2.66. The third kappa shape index (κ3) is 2.92. The van der Waals surface area contributed by atoms with Crippen LogP contribution in [0.25, 0.3) is 0 Å². The van der Waals surface area contributed by atoms with Crippen LogP contribution in [0.4, 0.5) is 10.7 Å². The van der Waals surface area contributed by atoms with E-state index in [9.17, 15) is 4.79 Å². The van der Waals surface area contributed by atoms with Gasteiger partial charge in [0.15, 0.2) is 0 Å². The van der Waals surface area contributed by atoms with E-state index in [1.807, 2.05) is 17.5 Å². The van der Waals surface area contributed by atoms with Crippen molar-refractivity contribution < 1.29 is 9.53 Å². The lowest BCUT2D eigenvalue weighted by molar-refractivity contribution is 0.0607. The molecule has 2 rings (SSSR count). The Hall–Kier alpha value is -2.04. The van der Waals surface area contributed by atoms with E-state index in [1.54, 1.807) is 11.3 Å². The van der Waals surface area contributed by atoms with E-state index >= 15 is 0 Å². The molecule has 0 saturated heterocycles. The lowest BCUT2D eigenvalue weighted by Gasteiger charge is -2.02. The molecule has 20 heavy (non-hydrogen) atoms. The highest BCUT2D eigenvalue weighted by molar-refractivity contribution is 7.18. The molecule has 0 fully saturated rings. The first-order chi connectivity index (χ1) is 9.67. The molecule has 0 aromatic carbocycles. The summed E-state index contributed by atoms with van der Waals surface area (Å²) < 4.78 is 4.65. The number of methoxy groups -OCH3 is 1. The molecule has 0 spiro atoms. The summed E-state index contributed by atoms with van der Waals surface area (Å²) in [7, 11) is 1.29. The molecule has 7 heteroatoms. The minimum absolute atomic E-state index is 0.183. The number of ether oxygens (including phenoxy) is 1. The Morgan fingerprint density at radius 1 is 1.60 bits per heavy atom. The maximum atomic E-state index is 11.5. The summed E-state index contributed by atoms with van der Waals surface area (Å²) in [6.07, 6.45) is 0.855. The average molecular weight is 307 g/mol. The number of nitriles is 1. The van der Waals surface area contributed by atoms with E-state index in [0.29, 0.717) is 17.1 Å². The molecule has 2 aromatic rings. The van der Waals surface area contributed by atoms with Gasteiger partial charge >= 0.3 is 5.97 Å². The van der Waals surface area contributed by atoms with Gasteiger partial charge in [0.2, 0.25) is 0 Å². The number of anilines is 2. The molecule has 5 nitrogen and oxygen atoms in total. The Labute approximate surface area is 124 Å². The second-order valence-corrected chi connectivity index (χ2v) is 5.96. The van der Waals surface area contributed by atoms with Crippen LogP contribution in [0.5, 0.6) is 0 Å². The summed E-state index contributed by atoms with van der Waals surface area (Å²) in [5, 5.41) is 14.9. The minimum Gasteiger partial charge on any atom is -0.465 e. The highest BCUT2D eigenvalue weighted by Crippen LogP contribution is 2.35. The summed E-state index contributed by atoms with van der Waals surface area (Å²) in [6, 6.07) is 6.08. The second-order valence-electron chi connectivity index (χ2n) is 3.91. The molecule has 104 valence electrons. The van der Waals surface area contributed by atoms with Crippen LogP contribution in [0, 0.1) is 11.3 Å². The number of thiophene rings is 2. The zero-order chi connectivity index (χ0) is 14.5. The fraction of sp³-hybridized carbons (Fsp3) is 0.231. The number of nitrogen functional groups attached to an aromatic ring is 1. The van der Waals surface area contributed by atoms with Crippen LogP contribution >= 0.6 is 22.7 Å². The quantitative estimate of drug-likeness (QED) is 0.829. The van der Waals surface area contributed by atoms with Crippen molar-refractivity contribution in [2.45, 2.75) is 6.42 Å². The van der Waals surface area contributed by atoms with Crippen LogP contribution < -0.4 is 11.1 Å². The first kappa shape index (κ1) is 14.4. The number of rotatable bonds is 5. The number of hydrogen-bond acceptors (Lipinski definition) is 7. The number of nitrogens with two attached hydrogens (primary N) is 1. The summed E-state index contributed by atoms with van der Waals surface area (Å²) in [5.74, 6) is -0.518. The smallest absolute Gasteiger partial charge is 0.350 e. The van der Waals surface area contributed by atoms with E-state index in [0.717, 1.165) is 17.8 Å². The van der Waals surface area contributed by atoms with Crippen LogP contribution in [0.15, 0.2) is 17.5 Å². The Kier molecular flexibility index (Phi) is 4.61. The number of carbonyl (C=O) groups is 1. The lowest BCUT2D eigenvalue weighted by Crippen LogP contribution is -2.04. The van der Waals surface area contributed by atoms with Crippen LogP contribution in [-0.2, 0) is 11.2 Å². The summed E-state index contributed by atoms with van der Waals surface area (Å²) in [5.41, 5.74) is 6.30. The first-order valence-corrected chi connectivity index (χ1v) is 7.54. The molecule has 0 radical (unpaired) electrons. The molecule has 0 aliphatic carbocycles. The van der Waals surface area contributed by atoms with E-state index in [1.165, 1.54) is 12.0 Å². The average Bonchev–Trinajstić information content (AvgIpc) is 3.06. The second kappa shape index (κ2) is 6.41. The van der Waals surface area contributed by atoms with Gasteiger partial charge in [0.05, 0.1) is 12.8 Å². The molecular weight excluding hydrogens is 294 g/mol. The molecule has 0 saturated carbocycles. The Morgan fingerprint density at radius 3 is 3.00 bits per heavy atom. The van der Waals surface area contributed by atoms with Gasteiger partial charge in [0.1, 0.15) is 21.5 Å². The van der Waals surface area contributed by atoms with Crippen molar-refractivity contribution in [2.24, 2.45) is 0 Å². The van der Waals surface area contributed by atoms with E-state index in [2.05, 4.69) is 16.1 Å². The first-order valence-electron chi connectivity index (χ1n) is 5.84. The van der Waals surface area contributed by atoms with Gasteiger partial charge < -0.3 is 15.8 Å². The Bertz CT molecular complexity index is 641. The number of hydrogen-bond donors (Lipinski definition) is 2. The molecule has 0 unspecified atom stereocenters. The van der Waals surface area contributed by atoms with Crippen molar-refractivity contribution in [3.05, 3.63) is 32.8 Å². The molecule has 0 bridgehead atoms. The SMILES string of the molecule is COC(=O)c1sc(NCCc2cccs2)c(C#N)c1N. The van der Waals surface area contributed by atoms with Crippen LogP contribution in [-0.4, -0.2) is 19.6 Å². The van der Waals surface area contributed by atoms with Gasteiger partial charge in [0.25, 0.3) is 0 Å². The summed E-state index contributed by atoms with van der Waals surface area (Å²) >= 11 is 2.84. The maximum absolute atomic E-state index is 11.5. The van der Waals surface area contributed by atoms with Crippen molar-refractivity contribution in [1.82, 2.24) is 0 Å². The van der Waals surface area contributed by atoms with E-state index in [-0.39, 0.29) is 10.6 Å². The zero-order valence-electron chi connectivity index (χ0n) is 10.8. The van der Waals surface area contributed by atoms with Gasteiger partial charge in [-0.1, -0.05) is 6.07 Å². The van der Waals surface area contributed by atoms with Crippen molar-refractivity contribution in [3.8, 4) is 6.07 Å². The molecular formula is C13H13N3O2S2. The fourth-order valence-corrected chi connectivity index (χ4v) is 3.40. The van der Waals surface area contributed by atoms with E-state index < -0.39 is 5.97 Å². The summed E-state index contributed by atoms with van der Waals surface area (Å²) in [4.78, 5) is 13.1. The maximum Gasteiger partial charge on any atom is 0.350 e.